The molecule has 0 spiro atoms. The smallest absolute Gasteiger partial charge is 0.158 e. The summed E-state index contributed by atoms with van der Waals surface area (Å²) in [7, 11) is 0. The number of allylic oxidation sites excluding steroid dienone is 3. The molecule has 1 aliphatic carbocycles. The van der Waals surface area contributed by atoms with Gasteiger partial charge in [-0.05, 0) is 43.6 Å². The quantitative estimate of drug-likeness (QED) is 0.623. The molecule has 1 nitrogen and oxygen atoms in total. The third-order valence-electron chi connectivity index (χ3n) is 3.23. The van der Waals surface area contributed by atoms with Crippen molar-refractivity contribution in [1.82, 2.24) is 0 Å². The highest BCUT2D eigenvalue weighted by Crippen LogP contribution is 2.31. The molecule has 1 atom stereocenters. The fourth-order valence-corrected chi connectivity index (χ4v) is 1.97. The summed E-state index contributed by atoms with van der Waals surface area (Å²) >= 11 is 0. The highest BCUT2D eigenvalue weighted by molar-refractivity contribution is 5.95. The second-order valence-electron chi connectivity index (χ2n) is 5.05. The SMILES string of the molecule is C=C(C)CCC(=O)C1=CCC(C(C)C)C1. The maximum atomic E-state index is 11.8. The maximum absolute atomic E-state index is 11.8. The van der Waals surface area contributed by atoms with Crippen LogP contribution in [0.1, 0.15) is 46.5 Å². The van der Waals surface area contributed by atoms with Gasteiger partial charge in [0.2, 0.25) is 0 Å². The lowest BCUT2D eigenvalue weighted by Gasteiger charge is -2.13. The van der Waals surface area contributed by atoms with Gasteiger partial charge in [0.25, 0.3) is 0 Å². The van der Waals surface area contributed by atoms with E-state index >= 15 is 0 Å². The summed E-state index contributed by atoms with van der Waals surface area (Å²) in [6.45, 7) is 10.3. The Morgan fingerprint density at radius 3 is 2.67 bits per heavy atom. The van der Waals surface area contributed by atoms with E-state index in [9.17, 15) is 4.79 Å². The minimum Gasteiger partial charge on any atom is -0.295 e. The Kier molecular flexibility index (Phi) is 4.31. The molecule has 0 radical (unpaired) electrons. The van der Waals surface area contributed by atoms with Crippen LogP contribution in [0, 0.1) is 11.8 Å². The van der Waals surface area contributed by atoms with Crippen LogP contribution in [0.25, 0.3) is 0 Å². The van der Waals surface area contributed by atoms with Gasteiger partial charge >= 0.3 is 0 Å². The number of hydrogen-bond acceptors (Lipinski definition) is 1. The minimum absolute atomic E-state index is 0.334. The van der Waals surface area contributed by atoms with E-state index in [1.807, 2.05) is 6.92 Å². The molecule has 0 aromatic heterocycles. The molecule has 0 heterocycles. The summed E-state index contributed by atoms with van der Waals surface area (Å²) in [6, 6.07) is 0. The van der Waals surface area contributed by atoms with Gasteiger partial charge in [0.15, 0.2) is 5.78 Å². The van der Waals surface area contributed by atoms with Crippen molar-refractivity contribution in [3.05, 3.63) is 23.8 Å². The molecular weight excluding hydrogens is 184 g/mol. The molecule has 1 rings (SSSR count). The molecule has 0 N–H and O–H groups in total. The van der Waals surface area contributed by atoms with E-state index in [4.69, 9.17) is 0 Å². The second kappa shape index (κ2) is 5.29. The Morgan fingerprint density at radius 2 is 2.20 bits per heavy atom. The van der Waals surface area contributed by atoms with E-state index in [0.717, 1.165) is 30.4 Å². The number of rotatable bonds is 5. The predicted octanol–water partition coefficient (Wildman–Crippen LogP) is 3.90. The van der Waals surface area contributed by atoms with Crippen LogP contribution in [0.4, 0.5) is 0 Å². The van der Waals surface area contributed by atoms with Gasteiger partial charge in [0.05, 0.1) is 0 Å². The summed E-state index contributed by atoms with van der Waals surface area (Å²) in [4.78, 5) is 11.8. The van der Waals surface area contributed by atoms with Crippen LogP contribution >= 0.6 is 0 Å². The van der Waals surface area contributed by atoms with Crippen molar-refractivity contribution in [2.24, 2.45) is 11.8 Å². The average molecular weight is 206 g/mol. The molecule has 0 aromatic carbocycles. The first-order chi connectivity index (χ1) is 7.00. The van der Waals surface area contributed by atoms with E-state index in [-0.39, 0.29) is 0 Å². The van der Waals surface area contributed by atoms with Gasteiger partial charge in [-0.15, -0.1) is 6.58 Å². The summed E-state index contributed by atoms with van der Waals surface area (Å²) in [5, 5.41) is 0. The third-order valence-corrected chi connectivity index (χ3v) is 3.23. The first-order valence-electron chi connectivity index (χ1n) is 5.87. The van der Waals surface area contributed by atoms with Crippen LogP contribution in [-0.4, -0.2) is 5.78 Å². The number of carbonyl (C=O) groups is 1. The van der Waals surface area contributed by atoms with Crippen LogP contribution in [0.5, 0.6) is 0 Å². The van der Waals surface area contributed by atoms with Crippen molar-refractivity contribution in [2.45, 2.75) is 46.5 Å². The van der Waals surface area contributed by atoms with Crippen molar-refractivity contribution in [2.75, 3.05) is 0 Å². The Bertz CT molecular complexity index is 284. The number of carbonyl (C=O) groups excluding carboxylic acids is 1. The van der Waals surface area contributed by atoms with Crippen LogP contribution in [-0.2, 0) is 4.79 Å². The first-order valence-corrected chi connectivity index (χ1v) is 5.87. The van der Waals surface area contributed by atoms with E-state index < -0.39 is 0 Å². The van der Waals surface area contributed by atoms with E-state index in [2.05, 4.69) is 26.5 Å². The lowest BCUT2D eigenvalue weighted by atomic mass is 9.91. The van der Waals surface area contributed by atoms with E-state index in [1.54, 1.807) is 0 Å². The molecule has 0 fully saturated rings. The van der Waals surface area contributed by atoms with Gasteiger partial charge in [-0.1, -0.05) is 25.5 Å². The lowest BCUT2D eigenvalue weighted by molar-refractivity contribution is -0.115. The van der Waals surface area contributed by atoms with Gasteiger partial charge in [-0.25, -0.2) is 0 Å². The maximum Gasteiger partial charge on any atom is 0.158 e. The molecule has 84 valence electrons. The van der Waals surface area contributed by atoms with Gasteiger partial charge in [-0.2, -0.15) is 0 Å². The average Bonchev–Trinajstić information content (AvgIpc) is 2.62. The topological polar surface area (TPSA) is 17.1 Å². The molecule has 1 heteroatoms. The number of Topliss-reactive ketones (excluding diaryl/α,β-unsaturated/α-hetero) is 1. The minimum atomic E-state index is 0.334. The first kappa shape index (κ1) is 12.2. The third kappa shape index (κ3) is 3.65. The van der Waals surface area contributed by atoms with Crippen molar-refractivity contribution in [3.63, 3.8) is 0 Å². The Morgan fingerprint density at radius 1 is 1.53 bits per heavy atom. The van der Waals surface area contributed by atoms with Crippen LogP contribution in [0.15, 0.2) is 23.8 Å². The van der Waals surface area contributed by atoms with Gasteiger partial charge in [0.1, 0.15) is 0 Å². The molecule has 1 aliphatic rings. The van der Waals surface area contributed by atoms with Crippen molar-refractivity contribution in [3.8, 4) is 0 Å². The molecule has 0 bridgehead atoms. The van der Waals surface area contributed by atoms with E-state index in [1.165, 1.54) is 0 Å². The van der Waals surface area contributed by atoms with Gasteiger partial charge in [-0.3, -0.25) is 4.79 Å². The molecule has 1 unspecified atom stereocenters. The highest BCUT2D eigenvalue weighted by atomic mass is 16.1. The number of ketones is 1. The fourth-order valence-electron chi connectivity index (χ4n) is 1.97. The Balaban J connectivity index is 2.40. The van der Waals surface area contributed by atoms with Crippen molar-refractivity contribution < 1.29 is 4.79 Å². The Hall–Kier alpha value is -0.850. The largest absolute Gasteiger partial charge is 0.295 e. The zero-order valence-electron chi connectivity index (χ0n) is 10.2. The zero-order chi connectivity index (χ0) is 11.4. The summed E-state index contributed by atoms with van der Waals surface area (Å²) in [6.07, 6.45) is 5.71. The lowest BCUT2D eigenvalue weighted by Crippen LogP contribution is -2.07. The van der Waals surface area contributed by atoms with Gasteiger partial charge in [0, 0.05) is 6.42 Å². The molecule has 0 saturated carbocycles. The molecule has 0 amide bonds. The molecule has 0 saturated heterocycles. The zero-order valence-corrected chi connectivity index (χ0v) is 10.2. The molecule has 15 heavy (non-hydrogen) atoms. The second-order valence-corrected chi connectivity index (χ2v) is 5.05. The molecular formula is C14H22O. The summed E-state index contributed by atoms with van der Waals surface area (Å²) in [5.41, 5.74) is 2.16. The number of hydrogen-bond donors (Lipinski definition) is 0. The van der Waals surface area contributed by atoms with Crippen LogP contribution in [0.3, 0.4) is 0 Å². The van der Waals surface area contributed by atoms with Crippen molar-refractivity contribution in [1.29, 1.82) is 0 Å². The monoisotopic (exact) mass is 206 g/mol. The van der Waals surface area contributed by atoms with E-state index in [0.29, 0.717) is 24.0 Å². The van der Waals surface area contributed by atoms with Crippen LogP contribution in [0.2, 0.25) is 0 Å². The summed E-state index contributed by atoms with van der Waals surface area (Å²) < 4.78 is 0. The molecule has 0 aliphatic heterocycles. The molecule has 0 aromatic rings. The fraction of sp³-hybridized carbons (Fsp3) is 0.643. The summed E-state index contributed by atoms with van der Waals surface area (Å²) in [5.74, 6) is 1.71. The predicted molar refractivity (Wildman–Crippen MR) is 64.7 cm³/mol. The van der Waals surface area contributed by atoms with Crippen molar-refractivity contribution >= 4 is 5.78 Å². The highest BCUT2D eigenvalue weighted by Gasteiger charge is 2.23. The standard InChI is InChI=1S/C14H22O/c1-10(2)5-8-14(15)13-7-6-12(9-13)11(3)4/h7,11-12H,1,5-6,8-9H2,2-4H3. The Labute approximate surface area is 93.3 Å². The normalized spacial score (nSPS) is 20.5. The van der Waals surface area contributed by atoms with Crippen LogP contribution < -0.4 is 0 Å². The van der Waals surface area contributed by atoms with Gasteiger partial charge < -0.3 is 0 Å².